The molecule has 0 radical (unpaired) electrons. The van der Waals surface area contributed by atoms with E-state index in [-0.39, 0.29) is 30.2 Å². The Kier molecular flexibility index (Phi) is 9.62. The average molecular weight is 519 g/mol. The van der Waals surface area contributed by atoms with Crippen LogP contribution in [0.3, 0.4) is 0 Å². The van der Waals surface area contributed by atoms with Crippen molar-refractivity contribution in [3.63, 3.8) is 0 Å². The number of quaternary nitrogens is 1. The first-order valence-corrected chi connectivity index (χ1v) is 13.5. The van der Waals surface area contributed by atoms with Crippen LogP contribution in [-0.4, -0.2) is 104 Å². The van der Waals surface area contributed by atoms with Gasteiger partial charge in [-0.15, -0.1) is 0 Å². The predicted octanol–water partition coefficient (Wildman–Crippen LogP) is -2.17. The summed E-state index contributed by atoms with van der Waals surface area (Å²) < 4.78 is 68.2. The number of likely N-dealkylation sites (tertiary alicyclic amines) is 1. The molecule has 1 amide bonds. The van der Waals surface area contributed by atoms with Crippen molar-refractivity contribution >= 4 is 38.3 Å². The molecular weight excluding hydrogens is 488 g/mol. The second-order valence-corrected chi connectivity index (χ2v) is 11.6. The zero-order valence-electron chi connectivity index (χ0n) is 18.9. The van der Waals surface area contributed by atoms with E-state index in [0.29, 0.717) is 25.5 Å². The maximum absolute atomic E-state index is 11.7. The molecule has 0 aromatic rings. The Hall–Kier alpha value is -2.01. The zero-order chi connectivity index (χ0) is 25.8. The second-order valence-electron chi connectivity index (χ2n) is 8.75. The first-order valence-electron chi connectivity index (χ1n) is 9.80. The van der Waals surface area contributed by atoms with E-state index in [1.165, 1.54) is 4.90 Å². The summed E-state index contributed by atoms with van der Waals surface area (Å²) in [4.78, 5) is 35.0. The van der Waals surface area contributed by atoms with Gasteiger partial charge in [0.25, 0.3) is 10.1 Å². The van der Waals surface area contributed by atoms with Crippen molar-refractivity contribution in [3.8, 4) is 0 Å². The molecule has 0 aliphatic carbocycles. The van der Waals surface area contributed by atoms with E-state index in [9.17, 15) is 22.8 Å². The summed E-state index contributed by atoms with van der Waals surface area (Å²) >= 11 is 0. The number of rotatable bonds is 0. The van der Waals surface area contributed by atoms with E-state index in [2.05, 4.69) is 5.32 Å². The SMILES string of the molecule is CC(C)(C)OC(=O)N1C[C@@H]2C[C@H]1C(=O)O2.CS(=O)(=O)O.CS(=O)(=O)[O-].O=C1O[C@@H]2C[NH2+][C@H]1C2. The maximum Gasteiger partial charge on any atom is 0.411 e. The predicted molar refractivity (Wildman–Crippen MR) is 109 cm³/mol. The molecule has 4 bridgehead atoms. The molecular formula is C17H30N2O12S2. The highest BCUT2D eigenvalue weighted by Crippen LogP contribution is 2.30. The molecule has 4 aliphatic heterocycles. The molecule has 4 heterocycles. The number of amides is 1. The topological polar surface area (TPSA) is 210 Å². The zero-order valence-corrected chi connectivity index (χ0v) is 20.5. The minimum absolute atomic E-state index is 0.0127. The Bertz CT molecular complexity index is 896. The highest BCUT2D eigenvalue weighted by atomic mass is 32.2. The summed E-state index contributed by atoms with van der Waals surface area (Å²) in [5, 5.41) is 2.05. The molecule has 0 aromatic heterocycles. The van der Waals surface area contributed by atoms with Gasteiger partial charge in [-0.2, -0.15) is 8.42 Å². The lowest BCUT2D eigenvalue weighted by molar-refractivity contribution is -0.667. The van der Waals surface area contributed by atoms with Gasteiger partial charge < -0.3 is 24.1 Å². The van der Waals surface area contributed by atoms with Crippen molar-refractivity contribution < 1.29 is 59.9 Å². The number of morpholine rings is 2. The van der Waals surface area contributed by atoms with Gasteiger partial charge in [0.2, 0.25) is 0 Å². The van der Waals surface area contributed by atoms with Gasteiger partial charge >= 0.3 is 18.0 Å². The van der Waals surface area contributed by atoms with Crippen LogP contribution < -0.4 is 5.32 Å². The Morgan fingerprint density at radius 1 is 1.09 bits per heavy atom. The highest BCUT2D eigenvalue weighted by molar-refractivity contribution is 7.85. The van der Waals surface area contributed by atoms with E-state index >= 15 is 0 Å². The van der Waals surface area contributed by atoms with Gasteiger partial charge in [0.05, 0.1) is 29.3 Å². The van der Waals surface area contributed by atoms with Crippen LogP contribution in [0, 0.1) is 0 Å². The standard InChI is InChI=1S/C10H15NO4.C5H7NO2.2CH4O3S/c1-10(2,3)15-9(13)11-5-6-4-7(11)8(12)14-6;7-5-4-1-3(8-5)2-6-4;2*1-5(2,3)4/h6-7H,4-5H2,1-3H3;3-4,6H,1-2H2;2*1H3,(H,2,3,4)/t6-,7-;3-,4-;;/m00../s1. The minimum atomic E-state index is -3.92. The molecule has 33 heavy (non-hydrogen) atoms. The van der Waals surface area contributed by atoms with Gasteiger partial charge in [0.1, 0.15) is 24.3 Å². The van der Waals surface area contributed by atoms with Gasteiger partial charge in [-0.1, -0.05) is 0 Å². The van der Waals surface area contributed by atoms with Crippen LogP contribution in [0.1, 0.15) is 33.6 Å². The number of nitrogens with two attached hydrogens (primary N) is 1. The van der Waals surface area contributed by atoms with Gasteiger partial charge in [-0.05, 0) is 20.8 Å². The average Bonchev–Trinajstić information content (AvgIpc) is 3.29. The van der Waals surface area contributed by atoms with Crippen molar-refractivity contribution in [3.05, 3.63) is 0 Å². The lowest BCUT2D eigenvalue weighted by Gasteiger charge is -2.29. The number of hydrogen-bond acceptors (Lipinski definition) is 11. The molecule has 4 rings (SSSR count). The Labute approximate surface area is 192 Å². The maximum atomic E-state index is 11.7. The molecule has 4 saturated heterocycles. The van der Waals surface area contributed by atoms with Crippen molar-refractivity contribution in [2.75, 3.05) is 25.6 Å². The number of carbonyl (C=O) groups is 3. The molecule has 0 unspecified atom stereocenters. The second kappa shape index (κ2) is 10.9. The lowest BCUT2D eigenvalue weighted by Crippen LogP contribution is -2.90. The fraction of sp³-hybridized carbons (Fsp3) is 0.824. The van der Waals surface area contributed by atoms with Crippen LogP contribution in [0.15, 0.2) is 0 Å². The van der Waals surface area contributed by atoms with Crippen molar-refractivity contribution in [1.82, 2.24) is 4.90 Å². The van der Waals surface area contributed by atoms with Crippen LogP contribution in [-0.2, 0) is 44.0 Å². The Morgan fingerprint density at radius 3 is 1.85 bits per heavy atom. The van der Waals surface area contributed by atoms with Gasteiger partial charge in [0, 0.05) is 12.7 Å². The smallest absolute Gasteiger partial charge is 0.411 e. The van der Waals surface area contributed by atoms with Crippen LogP contribution >= 0.6 is 0 Å². The monoisotopic (exact) mass is 518 g/mol. The highest BCUT2D eigenvalue weighted by Gasteiger charge is 2.49. The molecule has 0 aromatic carbocycles. The Balaban J connectivity index is 0.000000253. The van der Waals surface area contributed by atoms with Crippen LogP contribution in [0.25, 0.3) is 0 Å². The molecule has 4 atom stereocenters. The molecule has 0 saturated carbocycles. The summed E-state index contributed by atoms with van der Waals surface area (Å²) in [6.07, 6.45) is 2.56. The van der Waals surface area contributed by atoms with E-state index in [1.807, 2.05) is 0 Å². The van der Waals surface area contributed by atoms with Gasteiger partial charge in [-0.25, -0.2) is 22.8 Å². The van der Waals surface area contributed by atoms with Crippen LogP contribution in [0.5, 0.6) is 0 Å². The largest absolute Gasteiger partial charge is 0.748 e. The summed E-state index contributed by atoms with van der Waals surface area (Å²) in [5.74, 6) is -0.321. The summed E-state index contributed by atoms with van der Waals surface area (Å²) in [5.41, 5.74) is -0.525. The first-order chi connectivity index (χ1) is 14.7. The summed E-state index contributed by atoms with van der Waals surface area (Å²) in [7, 11) is -7.58. The quantitative estimate of drug-likeness (QED) is 0.199. The third-order valence-electron chi connectivity index (χ3n) is 4.23. The fourth-order valence-electron chi connectivity index (χ4n) is 3.20. The fourth-order valence-corrected chi connectivity index (χ4v) is 3.20. The Morgan fingerprint density at radius 2 is 1.58 bits per heavy atom. The van der Waals surface area contributed by atoms with Gasteiger partial charge in [-0.3, -0.25) is 9.45 Å². The summed E-state index contributed by atoms with van der Waals surface area (Å²) in [6.45, 7) is 6.86. The third kappa shape index (κ3) is 12.1. The third-order valence-corrected chi connectivity index (χ3v) is 4.23. The van der Waals surface area contributed by atoms with Crippen molar-refractivity contribution in [1.29, 1.82) is 0 Å². The number of fused-ring (bicyclic) bond motifs is 4. The van der Waals surface area contributed by atoms with Gasteiger partial charge in [0.15, 0.2) is 12.1 Å². The lowest BCUT2D eigenvalue weighted by atomic mass is 10.2. The molecule has 14 nitrogen and oxygen atoms in total. The van der Waals surface area contributed by atoms with Crippen molar-refractivity contribution in [2.24, 2.45) is 0 Å². The summed E-state index contributed by atoms with van der Waals surface area (Å²) in [6, 6.07) is -0.273. The number of hydrogen-bond donors (Lipinski definition) is 2. The molecule has 3 N–H and O–H groups in total. The van der Waals surface area contributed by atoms with Crippen LogP contribution in [0.4, 0.5) is 4.79 Å². The molecule has 192 valence electrons. The number of ether oxygens (including phenoxy) is 3. The number of carbonyl (C=O) groups excluding carboxylic acids is 3. The molecule has 4 fully saturated rings. The molecule has 0 spiro atoms. The van der Waals surface area contributed by atoms with Crippen LogP contribution in [0.2, 0.25) is 0 Å². The number of esters is 2. The first kappa shape index (κ1) is 29.0. The van der Waals surface area contributed by atoms with E-state index in [1.54, 1.807) is 20.8 Å². The van der Waals surface area contributed by atoms with E-state index < -0.39 is 38.0 Å². The van der Waals surface area contributed by atoms with E-state index in [4.69, 9.17) is 31.7 Å². The molecule has 16 heteroatoms. The normalized spacial score (nSPS) is 27.2. The number of nitrogens with zero attached hydrogens (tertiary/aromatic N) is 1. The minimum Gasteiger partial charge on any atom is -0.748 e. The molecule has 4 aliphatic rings. The van der Waals surface area contributed by atoms with E-state index in [0.717, 1.165) is 13.0 Å². The van der Waals surface area contributed by atoms with Crippen molar-refractivity contribution in [2.45, 2.75) is 63.5 Å².